The largest absolute Gasteiger partial charge is 0.462 e. The number of carbonyl (C=O) groups excluding carboxylic acids is 2. The third-order valence-corrected chi connectivity index (χ3v) is 4.86. The Morgan fingerprint density at radius 1 is 0.812 bits per heavy atom. The number of hydrogen-bond donors (Lipinski definition) is 0. The molecule has 2 rings (SSSR count). The molecule has 0 bridgehead atoms. The molecule has 0 saturated heterocycles. The van der Waals surface area contributed by atoms with Gasteiger partial charge in [0, 0.05) is 5.56 Å². The lowest BCUT2D eigenvalue weighted by molar-refractivity contribution is -0.139. The zero-order valence-electron chi connectivity index (χ0n) is 17.8. The molecular formula is C24H26F4O4. The van der Waals surface area contributed by atoms with Crippen LogP contribution in [0.1, 0.15) is 77.3 Å². The normalized spacial score (nSPS) is 11.3. The van der Waals surface area contributed by atoms with E-state index >= 15 is 0 Å². The SMILES string of the molecule is CCCCCCCCOC(=O)c1ccc(C(=O)OCc2c(F)cccc2C(F)(F)F)cc1. The molecular weight excluding hydrogens is 428 g/mol. The highest BCUT2D eigenvalue weighted by atomic mass is 19.4. The van der Waals surface area contributed by atoms with Crippen LogP contribution in [-0.4, -0.2) is 18.5 Å². The zero-order chi connectivity index (χ0) is 23.6. The van der Waals surface area contributed by atoms with Crippen LogP contribution in [-0.2, 0) is 22.3 Å². The second-order valence-electron chi connectivity index (χ2n) is 7.32. The average Bonchev–Trinajstić information content (AvgIpc) is 2.76. The fourth-order valence-corrected chi connectivity index (χ4v) is 3.06. The third kappa shape index (κ3) is 7.66. The van der Waals surface area contributed by atoms with E-state index in [9.17, 15) is 27.2 Å². The standard InChI is InChI=1S/C24H26F4O4/c1-2-3-4-5-6-7-15-31-22(29)17-11-13-18(14-12-17)23(30)32-16-19-20(24(26,27)28)9-8-10-21(19)25/h8-14H,2-7,15-16H2,1H3. The first-order valence-electron chi connectivity index (χ1n) is 10.5. The summed E-state index contributed by atoms with van der Waals surface area (Å²) in [5.41, 5.74) is -1.69. The van der Waals surface area contributed by atoms with Crippen LogP contribution < -0.4 is 0 Å². The predicted octanol–water partition coefficient (Wildman–Crippen LogP) is 6.72. The second kappa shape index (κ2) is 12.2. The Hall–Kier alpha value is -2.90. The number of alkyl halides is 3. The molecule has 0 aliphatic heterocycles. The molecule has 8 heteroatoms. The number of halogens is 4. The lowest BCUT2D eigenvalue weighted by Gasteiger charge is -2.14. The molecule has 174 valence electrons. The maximum atomic E-state index is 13.8. The molecule has 0 atom stereocenters. The molecule has 0 aromatic heterocycles. The van der Waals surface area contributed by atoms with Gasteiger partial charge in [-0.1, -0.05) is 45.1 Å². The predicted molar refractivity (Wildman–Crippen MR) is 111 cm³/mol. The van der Waals surface area contributed by atoms with Crippen molar-refractivity contribution in [3.05, 3.63) is 70.5 Å². The summed E-state index contributed by atoms with van der Waals surface area (Å²) in [6.07, 6.45) is 1.60. The average molecular weight is 454 g/mol. The van der Waals surface area contributed by atoms with Gasteiger partial charge in [0.15, 0.2) is 0 Å². The van der Waals surface area contributed by atoms with Crippen LogP contribution in [0.5, 0.6) is 0 Å². The number of ether oxygens (including phenoxy) is 2. The fourth-order valence-electron chi connectivity index (χ4n) is 3.06. The van der Waals surface area contributed by atoms with Crippen molar-refractivity contribution in [2.24, 2.45) is 0 Å². The van der Waals surface area contributed by atoms with Gasteiger partial charge in [0.25, 0.3) is 0 Å². The Morgan fingerprint density at radius 2 is 1.38 bits per heavy atom. The molecule has 0 radical (unpaired) electrons. The second-order valence-corrected chi connectivity index (χ2v) is 7.32. The molecule has 4 nitrogen and oxygen atoms in total. The van der Waals surface area contributed by atoms with Gasteiger partial charge in [0.05, 0.1) is 23.3 Å². The minimum Gasteiger partial charge on any atom is -0.462 e. The Bertz CT molecular complexity index is 892. The number of esters is 2. The van der Waals surface area contributed by atoms with Gasteiger partial charge < -0.3 is 9.47 Å². The van der Waals surface area contributed by atoms with E-state index in [1.807, 2.05) is 0 Å². The molecule has 0 aliphatic rings. The molecule has 0 amide bonds. The number of unbranched alkanes of at least 4 members (excludes halogenated alkanes) is 5. The van der Waals surface area contributed by atoms with E-state index in [0.29, 0.717) is 6.61 Å². The van der Waals surface area contributed by atoms with E-state index in [-0.39, 0.29) is 11.1 Å². The molecule has 32 heavy (non-hydrogen) atoms. The lowest BCUT2D eigenvalue weighted by Crippen LogP contribution is -2.14. The highest BCUT2D eigenvalue weighted by Crippen LogP contribution is 2.33. The van der Waals surface area contributed by atoms with E-state index in [2.05, 4.69) is 6.92 Å². The summed E-state index contributed by atoms with van der Waals surface area (Å²) in [7, 11) is 0. The van der Waals surface area contributed by atoms with Crippen LogP contribution in [0.3, 0.4) is 0 Å². The fraction of sp³-hybridized carbons (Fsp3) is 0.417. The molecule has 0 aliphatic carbocycles. The summed E-state index contributed by atoms with van der Waals surface area (Å²) in [5, 5.41) is 0. The molecule has 2 aromatic rings. The van der Waals surface area contributed by atoms with Crippen molar-refractivity contribution < 1.29 is 36.6 Å². The molecule has 0 heterocycles. The van der Waals surface area contributed by atoms with Crippen molar-refractivity contribution in [3.8, 4) is 0 Å². The first-order valence-corrected chi connectivity index (χ1v) is 10.5. The van der Waals surface area contributed by atoms with Gasteiger partial charge in [-0.3, -0.25) is 0 Å². The minimum absolute atomic E-state index is 0.0161. The van der Waals surface area contributed by atoms with E-state index in [1.54, 1.807) is 0 Å². The third-order valence-electron chi connectivity index (χ3n) is 4.86. The molecule has 0 saturated carbocycles. The van der Waals surface area contributed by atoms with Gasteiger partial charge in [0.1, 0.15) is 12.4 Å². The number of benzene rings is 2. The van der Waals surface area contributed by atoms with E-state index < -0.39 is 41.7 Å². The van der Waals surface area contributed by atoms with Crippen molar-refractivity contribution in [2.75, 3.05) is 6.61 Å². The molecule has 0 fully saturated rings. The van der Waals surface area contributed by atoms with Crippen LogP contribution in [0.4, 0.5) is 17.6 Å². The first kappa shape index (κ1) is 25.4. The van der Waals surface area contributed by atoms with Crippen molar-refractivity contribution >= 4 is 11.9 Å². The summed E-state index contributed by atoms with van der Waals surface area (Å²) in [6.45, 7) is 1.57. The highest BCUT2D eigenvalue weighted by Gasteiger charge is 2.34. The Labute approximate surface area is 184 Å². The van der Waals surface area contributed by atoms with Crippen LogP contribution in [0.25, 0.3) is 0 Å². The molecule has 0 spiro atoms. The molecule has 0 N–H and O–H groups in total. The van der Waals surface area contributed by atoms with Crippen molar-refractivity contribution in [1.29, 1.82) is 0 Å². The van der Waals surface area contributed by atoms with Crippen LogP contribution in [0.15, 0.2) is 42.5 Å². The smallest absolute Gasteiger partial charge is 0.416 e. The van der Waals surface area contributed by atoms with Gasteiger partial charge in [-0.05, 0) is 42.8 Å². The summed E-state index contributed by atoms with van der Waals surface area (Å²) in [4.78, 5) is 24.2. The van der Waals surface area contributed by atoms with Crippen LogP contribution in [0, 0.1) is 5.82 Å². The number of rotatable bonds is 11. The summed E-state index contributed by atoms with van der Waals surface area (Å²) < 4.78 is 63.0. The van der Waals surface area contributed by atoms with Crippen molar-refractivity contribution in [3.63, 3.8) is 0 Å². The summed E-state index contributed by atoms with van der Waals surface area (Å²) in [5.74, 6) is -2.58. The van der Waals surface area contributed by atoms with Crippen LogP contribution in [0.2, 0.25) is 0 Å². The first-order chi connectivity index (χ1) is 15.2. The van der Waals surface area contributed by atoms with Crippen molar-refractivity contribution in [2.45, 2.75) is 58.2 Å². The Morgan fingerprint density at radius 3 is 1.97 bits per heavy atom. The van der Waals surface area contributed by atoms with Gasteiger partial charge in [-0.25, -0.2) is 14.0 Å². The van der Waals surface area contributed by atoms with Crippen molar-refractivity contribution in [1.82, 2.24) is 0 Å². The molecule has 0 unspecified atom stereocenters. The van der Waals surface area contributed by atoms with E-state index in [4.69, 9.17) is 9.47 Å². The number of carbonyl (C=O) groups is 2. The summed E-state index contributed by atoms with van der Waals surface area (Å²) >= 11 is 0. The highest BCUT2D eigenvalue weighted by molar-refractivity contribution is 5.93. The minimum atomic E-state index is -4.78. The quantitative estimate of drug-likeness (QED) is 0.215. The Kier molecular flexibility index (Phi) is 9.68. The number of hydrogen-bond acceptors (Lipinski definition) is 4. The zero-order valence-corrected chi connectivity index (χ0v) is 17.8. The maximum absolute atomic E-state index is 13.8. The van der Waals surface area contributed by atoms with E-state index in [1.165, 1.54) is 30.7 Å². The van der Waals surface area contributed by atoms with Gasteiger partial charge >= 0.3 is 18.1 Å². The van der Waals surface area contributed by atoms with Gasteiger partial charge in [-0.2, -0.15) is 13.2 Å². The topological polar surface area (TPSA) is 52.6 Å². The van der Waals surface area contributed by atoms with Crippen LogP contribution >= 0.6 is 0 Å². The Balaban J connectivity index is 1.87. The maximum Gasteiger partial charge on any atom is 0.416 e. The van der Waals surface area contributed by atoms with E-state index in [0.717, 1.165) is 50.3 Å². The monoisotopic (exact) mass is 454 g/mol. The molecule has 2 aromatic carbocycles. The lowest BCUT2D eigenvalue weighted by atomic mass is 10.1. The summed E-state index contributed by atoms with van der Waals surface area (Å²) in [6, 6.07) is 7.86. The van der Waals surface area contributed by atoms with Gasteiger partial charge in [0.2, 0.25) is 0 Å². The van der Waals surface area contributed by atoms with Gasteiger partial charge in [-0.15, -0.1) is 0 Å².